The van der Waals surface area contributed by atoms with Crippen molar-refractivity contribution in [1.29, 1.82) is 0 Å². The topological polar surface area (TPSA) is 77.6 Å². The molecule has 20 heavy (non-hydrogen) atoms. The summed E-state index contributed by atoms with van der Waals surface area (Å²) in [6.07, 6.45) is 1.86. The fraction of sp³-hybridized carbons (Fsp3) is 0.429. The van der Waals surface area contributed by atoms with Gasteiger partial charge in [0, 0.05) is 12.2 Å². The lowest BCUT2D eigenvalue weighted by Gasteiger charge is -2.17. The molecular formula is C14H16N2O4. The first kappa shape index (κ1) is 12.9. The van der Waals surface area contributed by atoms with Crippen molar-refractivity contribution in [3.63, 3.8) is 0 Å². The van der Waals surface area contributed by atoms with Crippen LogP contribution in [0.25, 0.3) is 11.5 Å². The Kier molecular flexibility index (Phi) is 3.10. The first-order chi connectivity index (χ1) is 9.62. The Morgan fingerprint density at radius 1 is 1.40 bits per heavy atom. The van der Waals surface area contributed by atoms with Gasteiger partial charge in [-0.05, 0) is 38.0 Å². The minimum Gasteiger partial charge on any atom is -0.504 e. The van der Waals surface area contributed by atoms with Crippen molar-refractivity contribution in [3.8, 4) is 23.0 Å². The first-order valence-corrected chi connectivity index (χ1v) is 6.48. The van der Waals surface area contributed by atoms with Crippen LogP contribution in [0.5, 0.6) is 11.5 Å². The number of rotatable bonds is 3. The number of aromatic nitrogens is 2. The van der Waals surface area contributed by atoms with E-state index in [4.69, 9.17) is 14.0 Å². The quantitative estimate of drug-likeness (QED) is 0.928. The number of benzene rings is 1. The Bertz CT molecular complexity index is 617. The number of nitrogens with zero attached hydrogens (tertiary/aromatic N) is 2. The van der Waals surface area contributed by atoms with Crippen LogP contribution < -0.4 is 4.74 Å². The van der Waals surface area contributed by atoms with Gasteiger partial charge in [-0.15, -0.1) is 0 Å². The average Bonchev–Trinajstić information content (AvgIpc) is 3.08. The number of phenols is 1. The molecule has 1 aliphatic rings. The Balaban J connectivity index is 1.92. The van der Waals surface area contributed by atoms with Crippen LogP contribution in [-0.4, -0.2) is 29.0 Å². The Morgan fingerprint density at radius 3 is 2.90 bits per heavy atom. The average molecular weight is 276 g/mol. The fourth-order valence-electron chi connectivity index (χ4n) is 2.33. The van der Waals surface area contributed by atoms with Crippen molar-refractivity contribution in [2.45, 2.75) is 25.4 Å². The van der Waals surface area contributed by atoms with E-state index in [0.717, 1.165) is 12.8 Å². The molecule has 2 heterocycles. The van der Waals surface area contributed by atoms with Gasteiger partial charge < -0.3 is 19.1 Å². The van der Waals surface area contributed by atoms with E-state index in [1.807, 2.05) is 6.92 Å². The van der Waals surface area contributed by atoms with Crippen LogP contribution in [0.15, 0.2) is 22.7 Å². The van der Waals surface area contributed by atoms with Gasteiger partial charge in [-0.1, -0.05) is 5.16 Å². The van der Waals surface area contributed by atoms with Gasteiger partial charge in [0.2, 0.25) is 5.82 Å². The van der Waals surface area contributed by atoms with E-state index < -0.39 is 5.60 Å². The van der Waals surface area contributed by atoms with Crippen LogP contribution in [0.4, 0.5) is 0 Å². The molecule has 6 heteroatoms. The highest BCUT2D eigenvalue weighted by Gasteiger charge is 2.36. The zero-order valence-electron chi connectivity index (χ0n) is 11.4. The van der Waals surface area contributed by atoms with Crippen molar-refractivity contribution in [2.75, 3.05) is 13.7 Å². The molecule has 1 aromatic heterocycles. The number of methoxy groups -OCH3 is 1. The summed E-state index contributed by atoms with van der Waals surface area (Å²) in [5.41, 5.74) is 0.166. The molecule has 0 amide bonds. The lowest BCUT2D eigenvalue weighted by atomic mass is 10.0. The maximum atomic E-state index is 9.78. The third kappa shape index (κ3) is 2.12. The van der Waals surface area contributed by atoms with E-state index >= 15 is 0 Å². The molecule has 1 saturated heterocycles. The standard InChI is InChI=1S/C14H16N2O4/c1-14(6-3-7-19-14)13-15-12(20-16-13)9-4-5-11(18-2)10(17)8-9/h4-5,8,17H,3,6-7H2,1-2H3. The molecule has 3 rings (SSSR count). The molecule has 1 fully saturated rings. The van der Waals surface area contributed by atoms with E-state index in [2.05, 4.69) is 10.1 Å². The van der Waals surface area contributed by atoms with Crippen LogP contribution in [0.2, 0.25) is 0 Å². The highest BCUT2D eigenvalue weighted by molar-refractivity contribution is 5.59. The maximum absolute atomic E-state index is 9.78. The van der Waals surface area contributed by atoms with E-state index in [9.17, 15) is 5.11 Å². The van der Waals surface area contributed by atoms with Crippen molar-refractivity contribution in [1.82, 2.24) is 10.1 Å². The van der Waals surface area contributed by atoms with Crippen LogP contribution in [0.1, 0.15) is 25.6 Å². The summed E-state index contributed by atoms with van der Waals surface area (Å²) in [7, 11) is 1.50. The summed E-state index contributed by atoms with van der Waals surface area (Å²) < 4.78 is 15.9. The van der Waals surface area contributed by atoms with Crippen LogP contribution in [-0.2, 0) is 10.3 Å². The van der Waals surface area contributed by atoms with Crippen molar-refractivity contribution in [3.05, 3.63) is 24.0 Å². The van der Waals surface area contributed by atoms with Crippen LogP contribution in [0, 0.1) is 0 Å². The zero-order chi connectivity index (χ0) is 14.2. The number of ether oxygens (including phenoxy) is 2. The number of hydrogen-bond acceptors (Lipinski definition) is 6. The normalized spacial score (nSPS) is 22.1. The summed E-state index contributed by atoms with van der Waals surface area (Å²) in [6.45, 7) is 2.67. The Morgan fingerprint density at radius 2 is 2.25 bits per heavy atom. The highest BCUT2D eigenvalue weighted by atomic mass is 16.5. The summed E-state index contributed by atoms with van der Waals surface area (Å²) in [6, 6.07) is 4.95. The smallest absolute Gasteiger partial charge is 0.258 e. The number of hydrogen-bond donors (Lipinski definition) is 1. The fourth-order valence-corrected chi connectivity index (χ4v) is 2.33. The minimum absolute atomic E-state index is 0.0353. The summed E-state index contributed by atoms with van der Waals surface area (Å²) in [5, 5.41) is 13.8. The van der Waals surface area contributed by atoms with Gasteiger partial charge in [-0.2, -0.15) is 4.98 Å². The van der Waals surface area contributed by atoms with Crippen molar-refractivity contribution >= 4 is 0 Å². The molecule has 6 nitrogen and oxygen atoms in total. The summed E-state index contributed by atoms with van der Waals surface area (Å²) >= 11 is 0. The molecule has 2 aromatic rings. The molecule has 1 aliphatic heterocycles. The third-order valence-electron chi connectivity index (χ3n) is 3.54. The molecular weight excluding hydrogens is 260 g/mol. The van der Waals surface area contributed by atoms with Gasteiger partial charge in [-0.3, -0.25) is 0 Å². The van der Waals surface area contributed by atoms with Crippen molar-refractivity contribution in [2.24, 2.45) is 0 Å². The SMILES string of the molecule is COc1ccc(-c2nc(C3(C)CCCO3)no2)cc1O. The molecule has 0 bridgehead atoms. The lowest BCUT2D eigenvalue weighted by Crippen LogP contribution is -2.21. The Hall–Kier alpha value is -2.08. The second-order valence-electron chi connectivity index (χ2n) is 4.99. The van der Waals surface area contributed by atoms with E-state index in [1.165, 1.54) is 13.2 Å². The molecule has 1 atom stereocenters. The van der Waals surface area contributed by atoms with Gasteiger partial charge in [0.05, 0.1) is 7.11 Å². The second kappa shape index (κ2) is 4.79. The minimum atomic E-state index is -0.476. The number of aromatic hydroxyl groups is 1. The molecule has 106 valence electrons. The summed E-state index contributed by atoms with van der Waals surface area (Å²) in [4.78, 5) is 4.38. The molecule has 1 unspecified atom stereocenters. The van der Waals surface area contributed by atoms with E-state index in [0.29, 0.717) is 29.6 Å². The van der Waals surface area contributed by atoms with Gasteiger partial charge in [0.1, 0.15) is 5.60 Å². The Labute approximate surface area is 116 Å². The predicted octanol–water partition coefficient (Wildman–Crippen LogP) is 2.48. The molecule has 0 spiro atoms. The molecule has 1 aromatic carbocycles. The van der Waals surface area contributed by atoms with Crippen LogP contribution in [0.3, 0.4) is 0 Å². The van der Waals surface area contributed by atoms with Crippen LogP contribution >= 0.6 is 0 Å². The molecule has 1 N–H and O–H groups in total. The largest absolute Gasteiger partial charge is 0.504 e. The third-order valence-corrected chi connectivity index (χ3v) is 3.54. The maximum Gasteiger partial charge on any atom is 0.258 e. The molecule has 0 radical (unpaired) electrons. The number of phenolic OH excluding ortho intramolecular Hbond substituents is 1. The van der Waals surface area contributed by atoms with Crippen molar-refractivity contribution < 1.29 is 19.1 Å². The predicted molar refractivity (Wildman–Crippen MR) is 70.5 cm³/mol. The molecule has 0 aliphatic carbocycles. The molecule has 0 saturated carbocycles. The lowest BCUT2D eigenvalue weighted by molar-refractivity contribution is 0.00768. The highest BCUT2D eigenvalue weighted by Crippen LogP contribution is 2.36. The van der Waals surface area contributed by atoms with Gasteiger partial charge >= 0.3 is 0 Å². The van der Waals surface area contributed by atoms with Gasteiger partial charge in [0.15, 0.2) is 11.5 Å². The second-order valence-corrected chi connectivity index (χ2v) is 4.99. The summed E-state index contributed by atoms with van der Waals surface area (Å²) in [5.74, 6) is 1.34. The van der Waals surface area contributed by atoms with E-state index in [1.54, 1.807) is 12.1 Å². The van der Waals surface area contributed by atoms with Gasteiger partial charge in [0.25, 0.3) is 5.89 Å². The zero-order valence-corrected chi connectivity index (χ0v) is 11.4. The van der Waals surface area contributed by atoms with E-state index in [-0.39, 0.29) is 5.75 Å². The first-order valence-electron chi connectivity index (χ1n) is 6.48. The van der Waals surface area contributed by atoms with Gasteiger partial charge in [-0.25, -0.2) is 0 Å². The monoisotopic (exact) mass is 276 g/mol.